The van der Waals surface area contributed by atoms with Crippen LogP contribution in [-0.2, 0) is 4.74 Å². The van der Waals surface area contributed by atoms with Gasteiger partial charge in [0.15, 0.2) is 0 Å². The quantitative estimate of drug-likeness (QED) is 0.796. The number of aliphatic hydroxyl groups is 1. The fourth-order valence-electron chi connectivity index (χ4n) is 1.73. The molecule has 0 aliphatic rings. The predicted octanol–water partition coefficient (Wildman–Crippen LogP) is 2.07. The Morgan fingerprint density at radius 2 is 1.69 bits per heavy atom. The highest BCUT2D eigenvalue weighted by Crippen LogP contribution is 2.22. The normalized spacial score (nSPS) is 10.3. The van der Waals surface area contributed by atoms with Gasteiger partial charge in [-0.15, -0.1) is 0 Å². The van der Waals surface area contributed by atoms with Gasteiger partial charge in [0.2, 0.25) is 0 Å². The highest BCUT2D eigenvalue weighted by atomic mass is 16.5. The summed E-state index contributed by atoms with van der Waals surface area (Å²) in [6.07, 6.45) is 0. The molecular formula is C13H18O3. The van der Waals surface area contributed by atoms with E-state index < -0.39 is 0 Å². The number of carbonyl (C=O) groups is 1. The fraction of sp³-hybridized carbons (Fsp3) is 0.462. The van der Waals surface area contributed by atoms with Crippen LogP contribution in [0.25, 0.3) is 0 Å². The molecule has 0 aromatic heterocycles. The Morgan fingerprint density at radius 3 is 2.12 bits per heavy atom. The molecule has 0 saturated heterocycles. The molecule has 88 valence electrons. The zero-order chi connectivity index (χ0) is 12.3. The standard InChI is InChI=1S/C13H18O3/c1-8-7-9(2)11(4)12(10(8)3)13(15)16-6-5-14/h7,14H,5-6H2,1-4H3. The highest BCUT2D eigenvalue weighted by Gasteiger charge is 2.16. The minimum atomic E-state index is -0.351. The van der Waals surface area contributed by atoms with E-state index in [1.165, 1.54) is 0 Å². The van der Waals surface area contributed by atoms with Gasteiger partial charge in [0.25, 0.3) is 0 Å². The lowest BCUT2D eigenvalue weighted by Crippen LogP contribution is -2.13. The predicted molar refractivity (Wildman–Crippen MR) is 62.8 cm³/mol. The Kier molecular flexibility index (Phi) is 4.07. The summed E-state index contributed by atoms with van der Waals surface area (Å²) in [5.74, 6) is -0.351. The SMILES string of the molecule is Cc1cc(C)c(C)c(C(=O)OCCO)c1C. The van der Waals surface area contributed by atoms with Gasteiger partial charge in [-0.25, -0.2) is 4.79 Å². The van der Waals surface area contributed by atoms with Crippen LogP contribution in [0.5, 0.6) is 0 Å². The number of aryl methyl sites for hydroxylation is 2. The molecule has 3 heteroatoms. The number of rotatable bonds is 3. The fourth-order valence-corrected chi connectivity index (χ4v) is 1.73. The molecule has 0 saturated carbocycles. The van der Waals surface area contributed by atoms with Gasteiger partial charge in [0.05, 0.1) is 12.2 Å². The smallest absolute Gasteiger partial charge is 0.338 e. The highest BCUT2D eigenvalue weighted by molar-refractivity contribution is 5.93. The summed E-state index contributed by atoms with van der Waals surface area (Å²) < 4.78 is 4.96. The Labute approximate surface area is 96.1 Å². The Bertz CT molecular complexity index is 382. The van der Waals surface area contributed by atoms with Crippen molar-refractivity contribution >= 4 is 5.97 Å². The van der Waals surface area contributed by atoms with Crippen LogP contribution in [0.2, 0.25) is 0 Å². The number of benzene rings is 1. The van der Waals surface area contributed by atoms with Gasteiger partial charge < -0.3 is 9.84 Å². The molecule has 1 aromatic rings. The maximum atomic E-state index is 11.8. The molecule has 1 N–H and O–H groups in total. The van der Waals surface area contributed by atoms with Crippen LogP contribution < -0.4 is 0 Å². The first-order valence-corrected chi connectivity index (χ1v) is 5.34. The number of hydrogen-bond acceptors (Lipinski definition) is 3. The van der Waals surface area contributed by atoms with Crippen molar-refractivity contribution in [1.82, 2.24) is 0 Å². The van der Waals surface area contributed by atoms with E-state index in [2.05, 4.69) is 6.07 Å². The molecule has 0 heterocycles. The molecule has 0 amide bonds. The van der Waals surface area contributed by atoms with Gasteiger partial charge in [-0.05, 0) is 49.9 Å². The molecule has 3 nitrogen and oxygen atoms in total. The van der Waals surface area contributed by atoms with Crippen molar-refractivity contribution < 1.29 is 14.6 Å². The van der Waals surface area contributed by atoms with Crippen LogP contribution in [0, 0.1) is 27.7 Å². The van der Waals surface area contributed by atoms with E-state index in [-0.39, 0.29) is 19.2 Å². The van der Waals surface area contributed by atoms with Crippen molar-refractivity contribution in [2.45, 2.75) is 27.7 Å². The van der Waals surface area contributed by atoms with Crippen molar-refractivity contribution in [2.24, 2.45) is 0 Å². The lowest BCUT2D eigenvalue weighted by Gasteiger charge is -2.14. The second kappa shape index (κ2) is 5.12. The maximum absolute atomic E-state index is 11.8. The van der Waals surface area contributed by atoms with Crippen LogP contribution in [0.4, 0.5) is 0 Å². The van der Waals surface area contributed by atoms with E-state index in [0.29, 0.717) is 5.56 Å². The summed E-state index contributed by atoms with van der Waals surface area (Å²) in [4.78, 5) is 11.8. The van der Waals surface area contributed by atoms with E-state index in [9.17, 15) is 4.79 Å². The summed E-state index contributed by atoms with van der Waals surface area (Å²) in [6.45, 7) is 7.68. The molecule has 0 aliphatic carbocycles. The minimum Gasteiger partial charge on any atom is -0.460 e. The second-order valence-corrected chi connectivity index (χ2v) is 3.99. The molecule has 0 radical (unpaired) electrons. The molecule has 0 aliphatic heterocycles. The first-order valence-electron chi connectivity index (χ1n) is 5.34. The third-order valence-corrected chi connectivity index (χ3v) is 2.89. The van der Waals surface area contributed by atoms with Crippen LogP contribution in [0.3, 0.4) is 0 Å². The molecular weight excluding hydrogens is 204 g/mol. The van der Waals surface area contributed by atoms with Gasteiger partial charge in [-0.1, -0.05) is 6.07 Å². The van der Waals surface area contributed by atoms with Gasteiger partial charge in [-0.2, -0.15) is 0 Å². The first kappa shape index (κ1) is 12.7. The lowest BCUT2D eigenvalue weighted by molar-refractivity contribution is 0.0432. The van der Waals surface area contributed by atoms with Crippen LogP contribution >= 0.6 is 0 Å². The van der Waals surface area contributed by atoms with Crippen LogP contribution in [0.1, 0.15) is 32.6 Å². The summed E-state index contributed by atoms with van der Waals surface area (Å²) >= 11 is 0. The van der Waals surface area contributed by atoms with Crippen LogP contribution in [-0.4, -0.2) is 24.3 Å². The van der Waals surface area contributed by atoms with Crippen molar-refractivity contribution in [3.05, 3.63) is 33.9 Å². The molecule has 0 atom stereocenters. The van der Waals surface area contributed by atoms with Crippen LogP contribution in [0.15, 0.2) is 6.07 Å². The topological polar surface area (TPSA) is 46.5 Å². The molecule has 0 fully saturated rings. The first-order chi connectivity index (χ1) is 7.49. The average molecular weight is 222 g/mol. The van der Waals surface area contributed by atoms with Crippen molar-refractivity contribution in [1.29, 1.82) is 0 Å². The van der Waals surface area contributed by atoms with Gasteiger partial charge in [-0.3, -0.25) is 0 Å². The number of carbonyl (C=O) groups excluding carboxylic acids is 1. The third-order valence-electron chi connectivity index (χ3n) is 2.89. The average Bonchev–Trinajstić information content (AvgIpc) is 2.24. The monoisotopic (exact) mass is 222 g/mol. The van der Waals surface area contributed by atoms with E-state index in [0.717, 1.165) is 22.3 Å². The Hall–Kier alpha value is -1.35. The van der Waals surface area contributed by atoms with E-state index in [1.807, 2.05) is 27.7 Å². The van der Waals surface area contributed by atoms with E-state index in [4.69, 9.17) is 9.84 Å². The zero-order valence-corrected chi connectivity index (χ0v) is 10.3. The largest absolute Gasteiger partial charge is 0.460 e. The van der Waals surface area contributed by atoms with Crippen molar-refractivity contribution in [3.63, 3.8) is 0 Å². The number of ether oxygens (including phenoxy) is 1. The molecule has 16 heavy (non-hydrogen) atoms. The summed E-state index contributed by atoms with van der Waals surface area (Å²) in [5, 5.41) is 8.63. The van der Waals surface area contributed by atoms with Gasteiger partial charge >= 0.3 is 5.97 Å². The maximum Gasteiger partial charge on any atom is 0.338 e. The molecule has 0 unspecified atom stereocenters. The Morgan fingerprint density at radius 1 is 1.19 bits per heavy atom. The molecule has 1 rings (SSSR count). The van der Waals surface area contributed by atoms with Gasteiger partial charge in [0, 0.05) is 0 Å². The molecule has 0 bridgehead atoms. The number of aliphatic hydroxyl groups excluding tert-OH is 1. The van der Waals surface area contributed by atoms with Crippen molar-refractivity contribution in [3.8, 4) is 0 Å². The molecule has 1 aromatic carbocycles. The van der Waals surface area contributed by atoms with Crippen molar-refractivity contribution in [2.75, 3.05) is 13.2 Å². The summed E-state index contributed by atoms with van der Waals surface area (Å²) in [5.41, 5.74) is 4.70. The summed E-state index contributed by atoms with van der Waals surface area (Å²) in [7, 11) is 0. The third kappa shape index (κ3) is 2.42. The molecule has 0 spiro atoms. The summed E-state index contributed by atoms with van der Waals surface area (Å²) in [6, 6.07) is 2.06. The number of hydrogen-bond donors (Lipinski definition) is 1. The lowest BCUT2D eigenvalue weighted by atomic mass is 9.94. The van der Waals surface area contributed by atoms with Gasteiger partial charge in [0.1, 0.15) is 6.61 Å². The van der Waals surface area contributed by atoms with E-state index >= 15 is 0 Å². The minimum absolute atomic E-state index is 0.0463. The second-order valence-electron chi connectivity index (χ2n) is 3.99. The Balaban J connectivity index is 3.16. The van der Waals surface area contributed by atoms with E-state index in [1.54, 1.807) is 0 Å². The zero-order valence-electron chi connectivity index (χ0n) is 10.3. The number of esters is 1.